The summed E-state index contributed by atoms with van der Waals surface area (Å²) in [5.41, 5.74) is 3.25. The first-order valence-corrected chi connectivity index (χ1v) is 13.3. The van der Waals surface area contributed by atoms with Crippen molar-refractivity contribution in [2.75, 3.05) is 20.3 Å². The van der Waals surface area contributed by atoms with Crippen molar-refractivity contribution in [2.45, 2.75) is 94.0 Å². The minimum atomic E-state index is -1.08. The number of aliphatic hydroxyl groups excluding tert-OH is 1. The lowest BCUT2D eigenvalue weighted by atomic mass is 9.51. The van der Waals surface area contributed by atoms with Crippen LogP contribution >= 0.6 is 0 Å². The number of nitrogens with two attached hydrogens (primary N) is 1. The van der Waals surface area contributed by atoms with Crippen molar-refractivity contribution in [3.63, 3.8) is 0 Å². The maximum absolute atomic E-state index is 13.6. The molecule has 0 aromatic heterocycles. The first-order valence-electron chi connectivity index (χ1n) is 13.3. The number of ether oxygens (including phenoxy) is 3. The SMILES string of the molecule is CCC(C)(C)CC(C)(C(=O)OCCO)C(C)(N)C(C)(C)CC(C)(C(=O)Oc1ccc(OC)cc1)C(C)C. The quantitative estimate of drug-likeness (QED) is 0.236. The monoisotopic (exact) mass is 521 g/mol. The van der Waals surface area contributed by atoms with Crippen molar-refractivity contribution in [2.24, 2.45) is 33.3 Å². The molecule has 0 saturated carbocycles. The molecular formula is C30H51NO6. The third kappa shape index (κ3) is 7.26. The highest BCUT2D eigenvalue weighted by Gasteiger charge is 2.60. The van der Waals surface area contributed by atoms with Crippen LogP contribution in [-0.2, 0) is 14.3 Å². The van der Waals surface area contributed by atoms with E-state index in [2.05, 4.69) is 20.8 Å². The van der Waals surface area contributed by atoms with Gasteiger partial charge in [0.05, 0.1) is 24.5 Å². The predicted molar refractivity (Wildman–Crippen MR) is 147 cm³/mol. The maximum atomic E-state index is 13.6. The van der Waals surface area contributed by atoms with Crippen molar-refractivity contribution in [1.29, 1.82) is 0 Å². The smallest absolute Gasteiger partial charge is 0.317 e. The molecule has 0 aliphatic carbocycles. The Balaban J connectivity index is 3.45. The summed E-state index contributed by atoms with van der Waals surface area (Å²) in [6.07, 6.45) is 1.73. The molecule has 0 radical (unpaired) electrons. The molecule has 3 unspecified atom stereocenters. The van der Waals surface area contributed by atoms with Crippen LogP contribution in [0, 0.1) is 27.6 Å². The summed E-state index contributed by atoms with van der Waals surface area (Å²) in [5.74, 6) is 0.262. The van der Waals surface area contributed by atoms with Gasteiger partial charge >= 0.3 is 11.9 Å². The predicted octanol–water partition coefficient (Wildman–Crippen LogP) is 5.76. The van der Waals surface area contributed by atoms with Crippen molar-refractivity contribution in [3.8, 4) is 11.5 Å². The minimum Gasteiger partial charge on any atom is -0.497 e. The number of methoxy groups -OCH3 is 1. The zero-order valence-electron chi connectivity index (χ0n) is 25.0. The molecule has 0 saturated heterocycles. The minimum absolute atomic E-state index is 0.0620. The molecule has 0 spiro atoms. The zero-order chi connectivity index (χ0) is 28.9. The Morgan fingerprint density at radius 2 is 1.43 bits per heavy atom. The summed E-state index contributed by atoms with van der Waals surface area (Å²) in [7, 11) is 1.58. The summed E-state index contributed by atoms with van der Waals surface area (Å²) < 4.78 is 16.5. The van der Waals surface area contributed by atoms with E-state index >= 15 is 0 Å². The number of carbonyl (C=O) groups excluding carboxylic acids is 2. The Morgan fingerprint density at radius 3 is 1.86 bits per heavy atom. The highest BCUT2D eigenvalue weighted by atomic mass is 16.5. The Morgan fingerprint density at radius 1 is 0.919 bits per heavy atom. The first kappa shape index (κ1) is 32.9. The molecule has 1 rings (SSSR count). The fourth-order valence-electron chi connectivity index (χ4n) is 5.08. The van der Waals surface area contributed by atoms with E-state index in [1.165, 1.54) is 0 Å². The normalized spacial score (nSPS) is 17.4. The summed E-state index contributed by atoms with van der Waals surface area (Å²) in [6, 6.07) is 6.90. The fourth-order valence-corrected chi connectivity index (χ4v) is 5.08. The standard InChI is InChI=1S/C30H51NO6/c1-12-26(4,5)19-29(9,25(34)36-18-17-32)30(10,31)27(6,7)20-28(8,21(2)3)24(33)37-23-15-13-22(35-11)14-16-23/h13-16,21,32H,12,17-20,31H2,1-11H3. The summed E-state index contributed by atoms with van der Waals surface area (Å²) >= 11 is 0. The van der Waals surface area contributed by atoms with E-state index in [4.69, 9.17) is 19.9 Å². The highest BCUT2D eigenvalue weighted by molar-refractivity contribution is 5.80. The van der Waals surface area contributed by atoms with E-state index < -0.39 is 27.8 Å². The van der Waals surface area contributed by atoms with Gasteiger partial charge in [-0.2, -0.15) is 0 Å². The highest BCUT2D eigenvalue weighted by Crippen LogP contribution is 2.54. The van der Waals surface area contributed by atoms with E-state index in [1.807, 2.05) is 48.5 Å². The van der Waals surface area contributed by atoms with E-state index in [0.29, 0.717) is 24.3 Å². The Bertz CT molecular complexity index is 905. The van der Waals surface area contributed by atoms with Crippen LogP contribution in [0.15, 0.2) is 24.3 Å². The lowest BCUT2D eigenvalue weighted by molar-refractivity contribution is -0.169. The average Bonchev–Trinajstić information content (AvgIpc) is 2.81. The molecule has 0 bridgehead atoms. The molecule has 37 heavy (non-hydrogen) atoms. The van der Waals surface area contributed by atoms with Gasteiger partial charge in [-0.05, 0) is 74.6 Å². The van der Waals surface area contributed by atoms with Gasteiger partial charge < -0.3 is 25.1 Å². The molecule has 1 aromatic rings. The Kier molecular flexibility index (Phi) is 10.8. The van der Waals surface area contributed by atoms with Crippen molar-refractivity contribution in [1.82, 2.24) is 0 Å². The van der Waals surface area contributed by atoms with Gasteiger partial charge in [0.15, 0.2) is 0 Å². The van der Waals surface area contributed by atoms with E-state index in [0.717, 1.165) is 6.42 Å². The van der Waals surface area contributed by atoms with Crippen LogP contribution in [0.4, 0.5) is 0 Å². The molecule has 0 fully saturated rings. The van der Waals surface area contributed by atoms with Gasteiger partial charge in [-0.15, -0.1) is 0 Å². The second kappa shape index (κ2) is 12.2. The van der Waals surface area contributed by atoms with Crippen LogP contribution in [0.3, 0.4) is 0 Å². The maximum Gasteiger partial charge on any atom is 0.317 e. The van der Waals surface area contributed by atoms with Gasteiger partial charge in [-0.3, -0.25) is 9.59 Å². The molecule has 0 aliphatic heterocycles. The fraction of sp³-hybridized carbons (Fsp3) is 0.733. The molecule has 3 N–H and O–H groups in total. The molecule has 3 atom stereocenters. The number of hydrogen-bond acceptors (Lipinski definition) is 7. The van der Waals surface area contributed by atoms with Gasteiger partial charge in [0.1, 0.15) is 18.1 Å². The summed E-state index contributed by atoms with van der Waals surface area (Å²) in [4.78, 5) is 27.1. The number of benzene rings is 1. The van der Waals surface area contributed by atoms with Crippen LogP contribution in [-0.4, -0.2) is 42.9 Å². The molecule has 212 valence electrons. The van der Waals surface area contributed by atoms with Crippen LogP contribution in [0.5, 0.6) is 11.5 Å². The Labute approximate surface area is 224 Å². The third-order valence-electron chi connectivity index (χ3n) is 8.94. The van der Waals surface area contributed by atoms with Crippen LogP contribution in [0.25, 0.3) is 0 Å². The number of hydrogen-bond donors (Lipinski definition) is 2. The van der Waals surface area contributed by atoms with Crippen molar-refractivity contribution >= 4 is 11.9 Å². The van der Waals surface area contributed by atoms with Gasteiger partial charge in [-0.1, -0.05) is 54.9 Å². The summed E-state index contributed by atoms with van der Waals surface area (Å²) in [5, 5.41) is 9.28. The topological polar surface area (TPSA) is 108 Å². The molecular weight excluding hydrogens is 470 g/mol. The van der Waals surface area contributed by atoms with E-state index in [9.17, 15) is 14.7 Å². The summed E-state index contributed by atoms with van der Waals surface area (Å²) in [6.45, 7) is 19.6. The average molecular weight is 522 g/mol. The number of aliphatic hydroxyl groups is 1. The van der Waals surface area contributed by atoms with Gasteiger partial charge in [0, 0.05) is 5.54 Å². The molecule has 0 aliphatic rings. The van der Waals surface area contributed by atoms with Crippen LogP contribution < -0.4 is 15.2 Å². The molecule has 7 nitrogen and oxygen atoms in total. The number of carbonyl (C=O) groups is 2. The molecule has 0 amide bonds. The van der Waals surface area contributed by atoms with Gasteiger partial charge in [-0.25, -0.2) is 0 Å². The molecule has 1 aromatic carbocycles. The second-order valence-corrected chi connectivity index (χ2v) is 12.8. The third-order valence-corrected chi connectivity index (χ3v) is 8.94. The first-order chi connectivity index (χ1) is 16.8. The van der Waals surface area contributed by atoms with Crippen LogP contribution in [0.2, 0.25) is 0 Å². The van der Waals surface area contributed by atoms with Gasteiger partial charge in [0.25, 0.3) is 0 Å². The molecule has 7 heteroatoms. The lowest BCUT2D eigenvalue weighted by Gasteiger charge is -2.55. The second-order valence-electron chi connectivity index (χ2n) is 12.8. The lowest BCUT2D eigenvalue weighted by Crippen LogP contribution is -2.66. The number of rotatable bonds is 14. The van der Waals surface area contributed by atoms with E-state index in [-0.39, 0.29) is 30.5 Å². The van der Waals surface area contributed by atoms with Crippen LogP contribution in [0.1, 0.15) is 88.5 Å². The number of esters is 2. The van der Waals surface area contributed by atoms with Crippen molar-refractivity contribution < 1.29 is 28.9 Å². The van der Waals surface area contributed by atoms with Crippen molar-refractivity contribution in [3.05, 3.63) is 24.3 Å². The van der Waals surface area contributed by atoms with E-state index in [1.54, 1.807) is 31.4 Å². The zero-order valence-corrected chi connectivity index (χ0v) is 25.0. The van der Waals surface area contributed by atoms with Gasteiger partial charge in [0.2, 0.25) is 0 Å². The Hall–Kier alpha value is -2.12. The molecule has 0 heterocycles. The largest absolute Gasteiger partial charge is 0.497 e.